The van der Waals surface area contributed by atoms with Crippen LogP contribution in [0.4, 0.5) is 5.69 Å². The fourth-order valence-corrected chi connectivity index (χ4v) is 4.73. The van der Waals surface area contributed by atoms with Gasteiger partial charge in [-0.05, 0) is 29.3 Å². The molecule has 5 rings (SSSR count). The van der Waals surface area contributed by atoms with Gasteiger partial charge >= 0.3 is 0 Å². The molecule has 0 bridgehead atoms. The molecule has 0 fully saturated rings. The maximum atomic E-state index is 13.6. The molecule has 3 aromatic carbocycles. The first kappa shape index (κ1) is 23.4. The van der Waals surface area contributed by atoms with Crippen LogP contribution in [0.3, 0.4) is 0 Å². The molecule has 0 atom stereocenters. The number of amides is 1. The molecule has 0 saturated carbocycles. The standard InChI is InChI=1S/C28H24N4O3S/c1-35-24-15-9-8-14-21(24)29-25(33)18-36-28-31-23-16-22(20-12-6-3-7-13-20)30-26(23)27(34)32(28)17-19-10-4-2-5-11-19/h2-16,30H,17-18H2,1H3,(H,29,33). The molecule has 0 unspecified atom stereocenters. The third-order valence-electron chi connectivity index (χ3n) is 5.68. The summed E-state index contributed by atoms with van der Waals surface area (Å²) < 4.78 is 6.93. The molecule has 7 nitrogen and oxygen atoms in total. The second-order valence-corrected chi connectivity index (χ2v) is 9.06. The second kappa shape index (κ2) is 10.5. The molecular weight excluding hydrogens is 472 g/mol. The van der Waals surface area contributed by atoms with Crippen molar-refractivity contribution in [1.29, 1.82) is 0 Å². The molecule has 8 heteroatoms. The summed E-state index contributed by atoms with van der Waals surface area (Å²) in [5.41, 5.74) is 4.17. The van der Waals surface area contributed by atoms with Crippen molar-refractivity contribution in [2.24, 2.45) is 0 Å². The lowest BCUT2D eigenvalue weighted by molar-refractivity contribution is -0.113. The van der Waals surface area contributed by atoms with Gasteiger partial charge in [0.25, 0.3) is 5.56 Å². The van der Waals surface area contributed by atoms with E-state index in [-0.39, 0.29) is 17.2 Å². The molecule has 2 N–H and O–H groups in total. The molecule has 0 aliphatic rings. The van der Waals surface area contributed by atoms with Gasteiger partial charge in [-0.2, -0.15) is 0 Å². The topological polar surface area (TPSA) is 89.0 Å². The second-order valence-electron chi connectivity index (χ2n) is 8.12. The van der Waals surface area contributed by atoms with E-state index in [0.717, 1.165) is 16.8 Å². The summed E-state index contributed by atoms with van der Waals surface area (Å²) in [7, 11) is 1.56. The molecule has 1 amide bonds. The van der Waals surface area contributed by atoms with Crippen molar-refractivity contribution in [3.05, 3.63) is 107 Å². The van der Waals surface area contributed by atoms with Crippen molar-refractivity contribution in [2.45, 2.75) is 11.7 Å². The number of nitrogens with zero attached hydrogens (tertiary/aromatic N) is 2. The predicted molar refractivity (Wildman–Crippen MR) is 144 cm³/mol. The van der Waals surface area contributed by atoms with Crippen LogP contribution in [0.2, 0.25) is 0 Å². The first-order valence-corrected chi connectivity index (χ1v) is 12.4. The summed E-state index contributed by atoms with van der Waals surface area (Å²) in [5, 5.41) is 3.35. The molecular formula is C28H24N4O3S. The number of thioether (sulfide) groups is 1. The summed E-state index contributed by atoms with van der Waals surface area (Å²) in [4.78, 5) is 34.4. The van der Waals surface area contributed by atoms with Crippen molar-refractivity contribution >= 4 is 34.4 Å². The molecule has 0 aliphatic heterocycles. The summed E-state index contributed by atoms with van der Waals surface area (Å²) in [6.07, 6.45) is 0. The third kappa shape index (κ3) is 5.04. The van der Waals surface area contributed by atoms with E-state index in [9.17, 15) is 9.59 Å². The molecule has 0 aliphatic carbocycles. The highest BCUT2D eigenvalue weighted by Crippen LogP contribution is 2.26. The first-order chi connectivity index (χ1) is 17.6. The minimum Gasteiger partial charge on any atom is -0.495 e. The van der Waals surface area contributed by atoms with Gasteiger partial charge in [0, 0.05) is 5.69 Å². The Morgan fingerprint density at radius 3 is 2.44 bits per heavy atom. The summed E-state index contributed by atoms with van der Waals surface area (Å²) in [6.45, 7) is 0.346. The Bertz CT molecular complexity index is 1560. The molecule has 36 heavy (non-hydrogen) atoms. The first-order valence-electron chi connectivity index (χ1n) is 11.4. The number of anilines is 1. The van der Waals surface area contributed by atoms with E-state index in [1.165, 1.54) is 11.8 Å². The lowest BCUT2D eigenvalue weighted by atomic mass is 10.2. The maximum Gasteiger partial charge on any atom is 0.278 e. The zero-order valence-corrected chi connectivity index (χ0v) is 20.4. The lowest BCUT2D eigenvalue weighted by Crippen LogP contribution is -2.25. The fourth-order valence-electron chi connectivity index (χ4n) is 3.93. The van der Waals surface area contributed by atoms with E-state index in [4.69, 9.17) is 9.72 Å². The molecule has 0 radical (unpaired) electrons. The molecule has 0 saturated heterocycles. The van der Waals surface area contributed by atoms with Crippen LogP contribution in [0.15, 0.2) is 101 Å². The number of benzene rings is 3. The van der Waals surface area contributed by atoms with Gasteiger partial charge < -0.3 is 15.0 Å². The molecule has 5 aromatic rings. The Labute approximate surface area is 212 Å². The van der Waals surface area contributed by atoms with Crippen LogP contribution in [0.5, 0.6) is 5.75 Å². The van der Waals surface area contributed by atoms with E-state index in [0.29, 0.717) is 34.2 Å². The number of fused-ring (bicyclic) bond motifs is 1. The summed E-state index contributed by atoms with van der Waals surface area (Å²) >= 11 is 1.23. The highest BCUT2D eigenvalue weighted by molar-refractivity contribution is 7.99. The van der Waals surface area contributed by atoms with Crippen molar-refractivity contribution in [3.8, 4) is 17.0 Å². The number of carbonyl (C=O) groups excluding carboxylic acids is 1. The molecule has 2 heterocycles. The SMILES string of the molecule is COc1ccccc1NC(=O)CSc1nc2cc(-c3ccccc3)[nH]c2c(=O)n1Cc1ccccc1. The number of para-hydroxylation sites is 2. The van der Waals surface area contributed by atoms with Gasteiger partial charge in [0.1, 0.15) is 11.3 Å². The number of hydrogen-bond donors (Lipinski definition) is 2. The Morgan fingerprint density at radius 1 is 1.00 bits per heavy atom. The van der Waals surface area contributed by atoms with E-state index in [1.807, 2.05) is 78.9 Å². The fraction of sp³-hybridized carbons (Fsp3) is 0.107. The number of aromatic nitrogens is 3. The van der Waals surface area contributed by atoms with Crippen LogP contribution in [-0.4, -0.2) is 33.3 Å². The Kier molecular flexibility index (Phi) is 6.86. The predicted octanol–water partition coefficient (Wildman–Crippen LogP) is 5.18. The number of H-pyrrole nitrogens is 1. The number of aromatic amines is 1. The Hall–Kier alpha value is -4.30. The highest BCUT2D eigenvalue weighted by atomic mass is 32.2. The van der Waals surface area contributed by atoms with Crippen molar-refractivity contribution < 1.29 is 9.53 Å². The summed E-state index contributed by atoms with van der Waals surface area (Å²) in [5.74, 6) is 0.446. The lowest BCUT2D eigenvalue weighted by Gasteiger charge is -2.13. The van der Waals surface area contributed by atoms with E-state index in [2.05, 4.69) is 10.3 Å². The van der Waals surface area contributed by atoms with Crippen LogP contribution in [0.1, 0.15) is 5.56 Å². The number of rotatable bonds is 8. The van der Waals surface area contributed by atoms with Crippen LogP contribution in [-0.2, 0) is 11.3 Å². The number of carbonyl (C=O) groups is 1. The van der Waals surface area contributed by atoms with Crippen LogP contribution >= 0.6 is 11.8 Å². The zero-order chi connectivity index (χ0) is 24.9. The van der Waals surface area contributed by atoms with Crippen LogP contribution in [0, 0.1) is 0 Å². The summed E-state index contributed by atoms with van der Waals surface area (Å²) in [6, 6.07) is 28.6. The van der Waals surface area contributed by atoms with Crippen molar-refractivity contribution in [2.75, 3.05) is 18.2 Å². The van der Waals surface area contributed by atoms with Gasteiger partial charge in [-0.3, -0.25) is 14.2 Å². The average molecular weight is 497 g/mol. The minimum atomic E-state index is -0.218. The van der Waals surface area contributed by atoms with Crippen LogP contribution < -0.4 is 15.6 Å². The number of hydrogen-bond acceptors (Lipinski definition) is 5. The highest BCUT2D eigenvalue weighted by Gasteiger charge is 2.17. The van der Waals surface area contributed by atoms with Gasteiger partial charge in [0.2, 0.25) is 5.91 Å². The van der Waals surface area contributed by atoms with Gasteiger partial charge in [-0.25, -0.2) is 4.98 Å². The quantitative estimate of drug-likeness (QED) is 0.228. The van der Waals surface area contributed by atoms with Gasteiger partial charge in [0.15, 0.2) is 5.16 Å². The molecule has 2 aromatic heterocycles. The zero-order valence-electron chi connectivity index (χ0n) is 19.6. The minimum absolute atomic E-state index is 0.0841. The third-order valence-corrected chi connectivity index (χ3v) is 6.66. The molecule has 0 spiro atoms. The average Bonchev–Trinajstić information content (AvgIpc) is 3.35. The van der Waals surface area contributed by atoms with E-state index < -0.39 is 0 Å². The van der Waals surface area contributed by atoms with Gasteiger partial charge in [0.05, 0.1) is 30.6 Å². The monoisotopic (exact) mass is 496 g/mol. The largest absolute Gasteiger partial charge is 0.495 e. The smallest absolute Gasteiger partial charge is 0.278 e. The number of ether oxygens (including phenoxy) is 1. The van der Waals surface area contributed by atoms with Crippen molar-refractivity contribution in [3.63, 3.8) is 0 Å². The maximum absolute atomic E-state index is 13.6. The Morgan fingerprint density at radius 2 is 1.69 bits per heavy atom. The van der Waals surface area contributed by atoms with Gasteiger partial charge in [-0.15, -0.1) is 0 Å². The van der Waals surface area contributed by atoms with Gasteiger partial charge in [-0.1, -0.05) is 84.6 Å². The Balaban J connectivity index is 1.47. The van der Waals surface area contributed by atoms with E-state index in [1.54, 1.807) is 23.8 Å². The van der Waals surface area contributed by atoms with E-state index >= 15 is 0 Å². The molecule has 180 valence electrons. The normalized spacial score (nSPS) is 10.9. The number of methoxy groups -OCH3 is 1. The number of nitrogens with one attached hydrogen (secondary N) is 2. The van der Waals surface area contributed by atoms with Crippen LogP contribution in [0.25, 0.3) is 22.3 Å². The van der Waals surface area contributed by atoms with Crippen molar-refractivity contribution in [1.82, 2.24) is 14.5 Å².